The molecule has 1 aliphatic rings. The van der Waals surface area contributed by atoms with E-state index in [-0.39, 0.29) is 6.04 Å². The molecule has 2 heterocycles. The molecule has 0 bridgehead atoms. The number of aromatic nitrogens is 2. The van der Waals surface area contributed by atoms with Gasteiger partial charge in [0.2, 0.25) is 0 Å². The highest BCUT2D eigenvalue weighted by molar-refractivity contribution is 5.58. The van der Waals surface area contributed by atoms with Crippen LogP contribution in [0.3, 0.4) is 0 Å². The number of fused-ring (bicyclic) bond motifs is 1. The van der Waals surface area contributed by atoms with Gasteiger partial charge in [-0.1, -0.05) is 18.2 Å². The molecule has 0 spiro atoms. The minimum atomic E-state index is 0.0878. The summed E-state index contributed by atoms with van der Waals surface area (Å²) in [6.45, 7) is 4.36. The number of aryl methyl sites for hydroxylation is 1. The van der Waals surface area contributed by atoms with E-state index in [1.54, 1.807) is 0 Å². The molecule has 0 saturated carbocycles. The number of anilines is 2. The van der Waals surface area contributed by atoms with Crippen LogP contribution in [0.15, 0.2) is 24.3 Å². The monoisotopic (exact) mass is 271 g/mol. The molecule has 0 amide bonds. The molecule has 20 heavy (non-hydrogen) atoms. The normalized spacial score (nSPS) is 16.4. The number of nitrogens with zero attached hydrogens (tertiary/aromatic N) is 2. The lowest BCUT2D eigenvalue weighted by molar-refractivity contribution is 0.339. The summed E-state index contributed by atoms with van der Waals surface area (Å²) in [6.07, 6.45) is 0. The molecular formula is C14H17N5O. The number of hydrogen-bond donors (Lipinski definition) is 3. The SMILES string of the molecule is Cc1nc(NN)c(C)c(NC2COc3ccccc32)n1. The van der Waals surface area contributed by atoms with Gasteiger partial charge in [0.05, 0.1) is 6.04 Å². The summed E-state index contributed by atoms with van der Waals surface area (Å²) in [4.78, 5) is 8.70. The van der Waals surface area contributed by atoms with Gasteiger partial charge in [0.1, 0.15) is 29.8 Å². The summed E-state index contributed by atoms with van der Waals surface area (Å²) in [5, 5.41) is 3.41. The number of rotatable bonds is 3. The first-order valence-electron chi connectivity index (χ1n) is 6.49. The Bertz CT molecular complexity index is 643. The third-order valence-electron chi connectivity index (χ3n) is 3.41. The number of hydrazine groups is 1. The predicted octanol–water partition coefficient (Wildman–Crippen LogP) is 1.92. The van der Waals surface area contributed by atoms with E-state index in [2.05, 4.69) is 26.8 Å². The van der Waals surface area contributed by atoms with Crippen molar-refractivity contribution in [2.75, 3.05) is 17.3 Å². The molecule has 3 rings (SSSR count). The molecule has 2 aromatic rings. The van der Waals surface area contributed by atoms with Crippen molar-refractivity contribution in [2.45, 2.75) is 19.9 Å². The molecule has 0 radical (unpaired) electrons. The minimum Gasteiger partial charge on any atom is -0.491 e. The van der Waals surface area contributed by atoms with E-state index < -0.39 is 0 Å². The summed E-state index contributed by atoms with van der Waals surface area (Å²) >= 11 is 0. The van der Waals surface area contributed by atoms with E-state index in [0.29, 0.717) is 18.2 Å². The van der Waals surface area contributed by atoms with Gasteiger partial charge in [-0.15, -0.1) is 0 Å². The van der Waals surface area contributed by atoms with Crippen LogP contribution < -0.4 is 21.3 Å². The predicted molar refractivity (Wildman–Crippen MR) is 77.6 cm³/mol. The van der Waals surface area contributed by atoms with E-state index in [4.69, 9.17) is 10.6 Å². The van der Waals surface area contributed by atoms with Gasteiger partial charge < -0.3 is 15.5 Å². The van der Waals surface area contributed by atoms with Crippen molar-refractivity contribution < 1.29 is 4.74 Å². The number of hydrogen-bond acceptors (Lipinski definition) is 6. The van der Waals surface area contributed by atoms with Gasteiger partial charge >= 0.3 is 0 Å². The second-order valence-electron chi connectivity index (χ2n) is 4.78. The topological polar surface area (TPSA) is 85.1 Å². The van der Waals surface area contributed by atoms with Crippen LogP contribution in [-0.2, 0) is 0 Å². The Morgan fingerprint density at radius 3 is 2.75 bits per heavy atom. The van der Waals surface area contributed by atoms with Crippen LogP contribution in [0.2, 0.25) is 0 Å². The Hall–Kier alpha value is -2.34. The van der Waals surface area contributed by atoms with Crippen molar-refractivity contribution >= 4 is 11.6 Å². The number of nitrogen functional groups attached to an aromatic ring is 1. The van der Waals surface area contributed by atoms with E-state index in [1.807, 2.05) is 32.0 Å². The van der Waals surface area contributed by atoms with E-state index in [9.17, 15) is 0 Å². The third-order valence-corrected chi connectivity index (χ3v) is 3.41. The summed E-state index contributed by atoms with van der Waals surface area (Å²) in [7, 11) is 0. The lowest BCUT2D eigenvalue weighted by Gasteiger charge is -2.16. The number of nitrogens with one attached hydrogen (secondary N) is 2. The Kier molecular flexibility index (Phi) is 3.15. The van der Waals surface area contributed by atoms with Crippen LogP contribution in [0.25, 0.3) is 0 Å². The average molecular weight is 271 g/mol. The van der Waals surface area contributed by atoms with Crippen LogP contribution in [0.1, 0.15) is 23.0 Å². The van der Waals surface area contributed by atoms with Crippen molar-refractivity contribution in [1.29, 1.82) is 0 Å². The van der Waals surface area contributed by atoms with Crippen molar-refractivity contribution in [2.24, 2.45) is 5.84 Å². The van der Waals surface area contributed by atoms with Gasteiger partial charge in [0, 0.05) is 11.1 Å². The fourth-order valence-electron chi connectivity index (χ4n) is 2.36. The van der Waals surface area contributed by atoms with E-state index in [0.717, 1.165) is 22.7 Å². The second kappa shape index (κ2) is 4.97. The molecule has 1 aromatic heterocycles. The van der Waals surface area contributed by atoms with Crippen LogP contribution in [0.5, 0.6) is 5.75 Å². The first-order chi connectivity index (χ1) is 9.69. The van der Waals surface area contributed by atoms with Crippen molar-refractivity contribution in [3.05, 3.63) is 41.2 Å². The molecule has 6 heteroatoms. The second-order valence-corrected chi connectivity index (χ2v) is 4.78. The molecule has 1 aromatic carbocycles. The Labute approximate surface area is 117 Å². The standard InChI is InChI=1S/C14H17N5O/c1-8-13(16-9(2)17-14(8)19-15)18-11-7-20-12-6-4-3-5-10(11)12/h3-6,11H,7,15H2,1-2H3,(H2,16,17,18,19). The van der Waals surface area contributed by atoms with E-state index in [1.165, 1.54) is 0 Å². The van der Waals surface area contributed by atoms with Gasteiger partial charge in [-0.2, -0.15) is 0 Å². The maximum atomic E-state index is 5.66. The maximum Gasteiger partial charge on any atom is 0.148 e. The maximum absolute atomic E-state index is 5.66. The van der Waals surface area contributed by atoms with Gasteiger partial charge in [-0.25, -0.2) is 15.8 Å². The number of nitrogens with two attached hydrogens (primary N) is 1. The highest BCUT2D eigenvalue weighted by Gasteiger charge is 2.24. The number of para-hydroxylation sites is 1. The quantitative estimate of drug-likeness (QED) is 0.584. The van der Waals surface area contributed by atoms with Crippen molar-refractivity contribution in [1.82, 2.24) is 9.97 Å². The summed E-state index contributed by atoms with van der Waals surface area (Å²) in [5.41, 5.74) is 4.63. The van der Waals surface area contributed by atoms with Gasteiger partial charge in [-0.3, -0.25) is 0 Å². The molecule has 1 unspecified atom stereocenters. The average Bonchev–Trinajstić information content (AvgIpc) is 2.86. The molecular weight excluding hydrogens is 254 g/mol. The molecule has 1 atom stereocenters. The third kappa shape index (κ3) is 2.14. The molecule has 4 N–H and O–H groups in total. The van der Waals surface area contributed by atoms with Gasteiger partial charge in [0.15, 0.2) is 0 Å². The Balaban J connectivity index is 1.91. The zero-order chi connectivity index (χ0) is 14.1. The van der Waals surface area contributed by atoms with Gasteiger partial charge in [0.25, 0.3) is 0 Å². The van der Waals surface area contributed by atoms with Crippen LogP contribution >= 0.6 is 0 Å². The molecule has 0 aliphatic carbocycles. The summed E-state index contributed by atoms with van der Waals surface area (Å²) in [6, 6.07) is 8.10. The number of benzene rings is 1. The zero-order valence-corrected chi connectivity index (χ0v) is 11.5. The fraction of sp³-hybridized carbons (Fsp3) is 0.286. The molecule has 0 saturated heterocycles. The van der Waals surface area contributed by atoms with Crippen molar-refractivity contribution in [3.8, 4) is 5.75 Å². The molecule has 1 aliphatic heterocycles. The zero-order valence-electron chi connectivity index (χ0n) is 11.5. The van der Waals surface area contributed by atoms with E-state index >= 15 is 0 Å². The van der Waals surface area contributed by atoms with Gasteiger partial charge in [-0.05, 0) is 19.9 Å². The van der Waals surface area contributed by atoms with Crippen LogP contribution in [0.4, 0.5) is 11.6 Å². The molecule has 104 valence electrons. The Morgan fingerprint density at radius 1 is 1.20 bits per heavy atom. The summed E-state index contributed by atoms with van der Waals surface area (Å²) < 4.78 is 5.66. The lowest BCUT2D eigenvalue weighted by atomic mass is 10.1. The molecule has 6 nitrogen and oxygen atoms in total. The highest BCUT2D eigenvalue weighted by atomic mass is 16.5. The number of ether oxygens (including phenoxy) is 1. The largest absolute Gasteiger partial charge is 0.491 e. The van der Waals surface area contributed by atoms with Crippen LogP contribution in [-0.4, -0.2) is 16.6 Å². The fourth-order valence-corrected chi connectivity index (χ4v) is 2.36. The highest BCUT2D eigenvalue weighted by Crippen LogP contribution is 2.34. The summed E-state index contributed by atoms with van der Waals surface area (Å²) in [5.74, 6) is 8.47. The van der Waals surface area contributed by atoms with Crippen molar-refractivity contribution in [3.63, 3.8) is 0 Å². The first kappa shape index (κ1) is 12.7. The smallest absolute Gasteiger partial charge is 0.148 e. The first-order valence-corrected chi connectivity index (χ1v) is 6.49. The minimum absolute atomic E-state index is 0.0878. The van der Waals surface area contributed by atoms with Crippen LogP contribution in [0, 0.1) is 13.8 Å². The molecule has 0 fully saturated rings. The Morgan fingerprint density at radius 2 is 1.95 bits per heavy atom. The lowest BCUT2D eigenvalue weighted by Crippen LogP contribution is -2.17.